The molecule has 86 valence electrons. The lowest BCUT2D eigenvalue weighted by Gasteiger charge is -2.30. The minimum absolute atomic E-state index is 0.0177. The van der Waals surface area contributed by atoms with Crippen LogP contribution < -0.4 is 0 Å². The molecule has 2 aliphatic rings. The average molecular weight is 236 g/mol. The zero-order chi connectivity index (χ0) is 11.3. The van der Waals surface area contributed by atoms with E-state index in [1.165, 1.54) is 5.56 Å². The molecule has 3 rings (SSSR count). The number of rotatable bonds is 0. The van der Waals surface area contributed by atoms with Gasteiger partial charge in [0.1, 0.15) is 11.0 Å². The molecule has 1 fully saturated rings. The Kier molecular flexibility index (Phi) is 2.21. The molecule has 0 radical (unpaired) electrons. The van der Waals surface area contributed by atoms with Crippen LogP contribution >= 0.6 is 0 Å². The molecule has 2 heterocycles. The molecule has 2 unspecified atom stereocenters. The van der Waals surface area contributed by atoms with E-state index >= 15 is 0 Å². The van der Waals surface area contributed by atoms with Gasteiger partial charge < -0.3 is 4.90 Å². The standard InChI is InChI=1S/C12H16N2OS/c1-13-8-7-12(9-13)10-5-3-4-6-11(10)16(15)14(12)2/h3-6H,7-9H2,1-2H3. The summed E-state index contributed by atoms with van der Waals surface area (Å²) in [7, 11) is 3.13. The highest BCUT2D eigenvalue weighted by Crippen LogP contribution is 2.46. The molecule has 0 saturated carbocycles. The van der Waals surface area contributed by atoms with E-state index in [1.54, 1.807) is 0 Å². The number of fused-ring (bicyclic) bond motifs is 2. The molecule has 1 aromatic rings. The van der Waals surface area contributed by atoms with Gasteiger partial charge in [-0.2, -0.15) is 0 Å². The summed E-state index contributed by atoms with van der Waals surface area (Å²) in [5, 5.41) is 0. The van der Waals surface area contributed by atoms with Gasteiger partial charge >= 0.3 is 0 Å². The summed E-state index contributed by atoms with van der Waals surface area (Å²) in [5.74, 6) is 0. The van der Waals surface area contributed by atoms with Crippen molar-refractivity contribution < 1.29 is 4.21 Å². The molecule has 1 spiro atoms. The second kappa shape index (κ2) is 3.39. The van der Waals surface area contributed by atoms with E-state index in [0.717, 1.165) is 24.4 Å². The van der Waals surface area contributed by atoms with Crippen molar-refractivity contribution in [2.45, 2.75) is 16.9 Å². The molecule has 16 heavy (non-hydrogen) atoms. The summed E-state index contributed by atoms with van der Waals surface area (Å²) in [4.78, 5) is 3.32. The fraction of sp³-hybridized carbons (Fsp3) is 0.500. The predicted molar refractivity (Wildman–Crippen MR) is 64.4 cm³/mol. The topological polar surface area (TPSA) is 23.6 Å². The highest BCUT2D eigenvalue weighted by atomic mass is 32.2. The van der Waals surface area contributed by atoms with Gasteiger partial charge in [-0.3, -0.25) is 0 Å². The first-order valence-corrected chi connectivity index (χ1v) is 6.70. The van der Waals surface area contributed by atoms with Gasteiger partial charge in [0.25, 0.3) is 0 Å². The smallest absolute Gasteiger partial charge is 0.128 e. The predicted octanol–water partition coefficient (Wildman–Crippen LogP) is 1.19. The molecule has 2 aliphatic heterocycles. The second-order valence-electron chi connectivity index (χ2n) is 4.76. The van der Waals surface area contributed by atoms with E-state index in [0.29, 0.717) is 0 Å². The van der Waals surface area contributed by atoms with Crippen LogP contribution in [-0.2, 0) is 16.5 Å². The van der Waals surface area contributed by atoms with Crippen LogP contribution in [0.3, 0.4) is 0 Å². The number of likely N-dealkylation sites (tertiary alicyclic amines) is 1. The molecule has 0 bridgehead atoms. The van der Waals surface area contributed by atoms with Gasteiger partial charge in [0.2, 0.25) is 0 Å². The monoisotopic (exact) mass is 236 g/mol. The van der Waals surface area contributed by atoms with Crippen molar-refractivity contribution in [3.8, 4) is 0 Å². The van der Waals surface area contributed by atoms with E-state index in [2.05, 4.69) is 24.1 Å². The van der Waals surface area contributed by atoms with Gasteiger partial charge in [0.05, 0.1) is 10.4 Å². The van der Waals surface area contributed by atoms with E-state index in [4.69, 9.17) is 0 Å². The highest BCUT2D eigenvalue weighted by molar-refractivity contribution is 7.83. The van der Waals surface area contributed by atoms with Crippen molar-refractivity contribution in [3.05, 3.63) is 29.8 Å². The summed E-state index contributed by atoms with van der Waals surface area (Å²) in [6.07, 6.45) is 1.07. The van der Waals surface area contributed by atoms with E-state index < -0.39 is 11.0 Å². The Labute approximate surface area is 98.6 Å². The summed E-state index contributed by atoms with van der Waals surface area (Å²) < 4.78 is 14.3. The Balaban J connectivity index is 2.17. The zero-order valence-corrected chi connectivity index (χ0v) is 10.5. The summed E-state index contributed by atoms with van der Waals surface area (Å²) >= 11 is 0. The molecule has 2 atom stereocenters. The molecule has 0 aliphatic carbocycles. The number of hydrogen-bond donors (Lipinski definition) is 0. The molecule has 0 aromatic heterocycles. The third kappa shape index (κ3) is 1.18. The molecule has 3 nitrogen and oxygen atoms in total. The van der Waals surface area contributed by atoms with Crippen molar-refractivity contribution in [1.82, 2.24) is 9.21 Å². The number of benzene rings is 1. The van der Waals surface area contributed by atoms with E-state index in [9.17, 15) is 4.21 Å². The molecule has 4 heteroatoms. The lowest BCUT2D eigenvalue weighted by atomic mass is 9.89. The lowest BCUT2D eigenvalue weighted by molar-refractivity contribution is 0.240. The van der Waals surface area contributed by atoms with Crippen LogP contribution in [0.4, 0.5) is 0 Å². The minimum atomic E-state index is -0.980. The lowest BCUT2D eigenvalue weighted by Crippen LogP contribution is -2.41. The van der Waals surface area contributed by atoms with Crippen molar-refractivity contribution >= 4 is 11.0 Å². The number of nitrogens with zero attached hydrogens (tertiary/aromatic N) is 2. The van der Waals surface area contributed by atoms with Crippen LogP contribution in [0.5, 0.6) is 0 Å². The average Bonchev–Trinajstić information content (AvgIpc) is 2.78. The number of hydrogen-bond acceptors (Lipinski definition) is 2. The van der Waals surface area contributed by atoms with Gasteiger partial charge in [0, 0.05) is 20.1 Å². The minimum Gasteiger partial charge on any atom is -0.304 e. The van der Waals surface area contributed by atoms with E-state index in [-0.39, 0.29) is 5.54 Å². The van der Waals surface area contributed by atoms with Crippen LogP contribution in [0.1, 0.15) is 12.0 Å². The van der Waals surface area contributed by atoms with Crippen molar-refractivity contribution in [3.63, 3.8) is 0 Å². The van der Waals surface area contributed by atoms with Gasteiger partial charge in [-0.25, -0.2) is 8.51 Å². The molecule has 1 saturated heterocycles. The van der Waals surface area contributed by atoms with Crippen LogP contribution in [0.15, 0.2) is 29.2 Å². The summed E-state index contributed by atoms with van der Waals surface area (Å²) in [6, 6.07) is 8.16. The summed E-state index contributed by atoms with van der Waals surface area (Å²) in [6.45, 7) is 2.06. The maximum atomic E-state index is 12.3. The van der Waals surface area contributed by atoms with Crippen molar-refractivity contribution in [2.75, 3.05) is 27.2 Å². The van der Waals surface area contributed by atoms with Crippen molar-refractivity contribution in [1.29, 1.82) is 0 Å². The Morgan fingerprint density at radius 2 is 2.06 bits per heavy atom. The van der Waals surface area contributed by atoms with Crippen LogP contribution in [0, 0.1) is 0 Å². The summed E-state index contributed by atoms with van der Waals surface area (Å²) in [5.41, 5.74) is 1.25. The Hall–Kier alpha value is -0.710. The van der Waals surface area contributed by atoms with Crippen LogP contribution in [0.2, 0.25) is 0 Å². The molecule has 0 amide bonds. The van der Waals surface area contributed by atoms with Crippen LogP contribution in [0.25, 0.3) is 0 Å². The zero-order valence-electron chi connectivity index (χ0n) is 9.64. The molecule has 1 aromatic carbocycles. The largest absolute Gasteiger partial charge is 0.304 e. The van der Waals surface area contributed by atoms with Gasteiger partial charge in [-0.15, -0.1) is 0 Å². The quantitative estimate of drug-likeness (QED) is 0.675. The second-order valence-corrected chi connectivity index (χ2v) is 6.25. The highest BCUT2D eigenvalue weighted by Gasteiger charge is 2.50. The van der Waals surface area contributed by atoms with Gasteiger partial charge in [-0.1, -0.05) is 18.2 Å². The van der Waals surface area contributed by atoms with E-state index in [1.807, 2.05) is 23.5 Å². The molecule has 0 N–H and O–H groups in total. The first-order valence-electron chi connectivity index (χ1n) is 5.59. The third-order valence-electron chi connectivity index (χ3n) is 3.87. The van der Waals surface area contributed by atoms with Gasteiger partial charge in [-0.05, 0) is 25.1 Å². The molecular formula is C12H16N2OS. The first-order chi connectivity index (χ1) is 7.65. The maximum Gasteiger partial charge on any atom is 0.128 e. The Morgan fingerprint density at radius 1 is 1.31 bits per heavy atom. The fourth-order valence-corrected chi connectivity index (χ4v) is 4.44. The first kappa shape index (κ1) is 10.4. The molecular weight excluding hydrogens is 220 g/mol. The Bertz CT molecular complexity index is 462. The third-order valence-corrected chi connectivity index (χ3v) is 5.45. The SMILES string of the molecule is CN1CCC2(C1)c1ccccc1S(=O)N2C. The van der Waals surface area contributed by atoms with Gasteiger partial charge in [0.15, 0.2) is 0 Å². The number of likely N-dealkylation sites (N-methyl/N-ethyl adjacent to an activating group) is 2. The normalized spacial score (nSPS) is 34.8. The Morgan fingerprint density at radius 3 is 2.75 bits per heavy atom. The maximum absolute atomic E-state index is 12.3. The van der Waals surface area contributed by atoms with Crippen LogP contribution in [-0.4, -0.2) is 40.6 Å². The van der Waals surface area contributed by atoms with Crippen molar-refractivity contribution in [2.24, 2.45) is 0 Å². The fourth-order valence-electron chi connectivity index (χ4n) is 2.94.